The van der Waals surface area contributed by atoms with Gasteiger partial charge in [0, 0.05) is 0 Å². The molecule has 0 saturated heterocycles. The van der Waals surface area contributed by atoms with Crippen LogP contribution >= 0.6 is 0 Å². The van der Waals surface area contributed by atoms with Gasteiger partial charge in [-0.05, 0) is 23.7 Å². The molecule has 1 aliphatic rings. The van der Waals surface area contributed by atoms with E-state index in [0.29, 0.717) is 11.3 Å². The lowest BCUT2D eigenvalue weighted by Crippen LogP contribution is -2.24. The highest BCUT2D eigenvalue weighted by molar-refractivity contribution is 5.24. The molecule has 0 aromatic carbocycles. The minimum Gasteiger partial charge on any atom is -0.0780 e. The van der Waals surface area contributed by atoms with Crippen LogP contribution in [0.25, 0.3) is 0 Å². The second-order valence-electron chi connectivity index (χ2n) is 5.09. The van der Waals surface area contributed by atoms with Gasteiger partial charge in [-0.25, -0.2) is 0 Å². The molecule has 0 heterocycles. The average molecular weight is 178 g/mol. The Hall–Kier alpha value is -0.520. The summed E-state index contributed by atoms with van der Waals surface area (Å²) in [6.45, 7) is 11.6. The molecule has 1 rings (SSSR count). The van der Waals surface area contributed by atoms with E-state index in [9.17, 15) is 0 Å². The van der Waals surface area contributed by atoms with Crippen LogP contribution in [0.4, 0.5) is 0 Å². The van der Waals surface area contributed by atoms with Crippen molar-refractivity contribution in [2.45, 2.75) is 41.0 Å². The van der Waals surface area contributed by atoms with Gasteiger partial charge in [-0.1, -0.05) is 58.4 Å². The summed E-state index contributed by atoms with van der Waals surface area (Å²) in [7, 11) is 0. The van der Waals surface area contributed by atoms with E-state index in [1.54, 1.807) is 5.57 Å². The van der Waals surface area contributed by atoms with Crippen LogP contribution in [0.3, 0.4) is 0 Å². The van der Waals surface area contributed by atoms with Crippen LogP contribution in [0.5, 0.6) is 0 Å². The van der Waals surface area contributed by atoms with E-state index in [1.165, 1.54) is 6.42 Å². The van der Waals surface area contributed by atoms with E-state index in [-0.39, 0.29) is 0 Å². The molecule has 1 unspecified atom stereocenters. The first-order chi connectivity index (χ1) is 5.96. The molecule has 0 radical (unpaired) electrons. The number of allylic oxidation sites excluding steroid dienone is 4. The Morgan fingerprint density at radius 1 is 1.23 bits per heavy atom. The zero-order valence-electron chi connectivity index (χ0n) is 9.59. The number of hydrogen-bond acceptors (Lipinski definition) is 0. The highest BCUT2D eigenvalue weighted by atomic mass is 14.3. The van der Waals surface area contributed by atoms with Gasteiger partial charge in [0.25, 0.3) is 0 Å². The van der Waals surface area contributed by atoms with Crippen LogP contribution < -0.4 is 0 Å². The summed E-state index contributed by atoms with van der Waals surface area (Å²) >= 11 is 0. The largest absolute Gasteiger partial charge is 0.0780 e. The predicted octanol–water partition coefficient (Wildman–Crippen LogP) is 4.19. The van der Waals surface area contributed by atoms with Gasteiger partial charge in [-0.2, -0.15) is 0 Å². The van der Waals surface area contributed by atoms with Crippen molar-refractivity contribution in [1.82, 2.24) is 0 Å². The monoisotopic (exact) mass is 178 g/mol. The Kier molecular flexibility index (Phi) is 3.00. The van der Waals surface area contributed by atoms with Gasteiger partial charge in [0.05, 0.1) is 0 Å². The van der Waals surface area contributed by atoms with E-state index < -0.39 is 0 Å². The standard InChI is InChI=1S/C13H22/c1-10(2)12-7-6-8-13(5,9-12)11(3)4/h6-8,10-11H,9H2,1-5H3. The summed E-state index contributed by atoms with van der Waals surface area (Å²) in [6.07, 6.45) is 8.12. The second-order valence-corrected chi connectivity index (χ2v) is 5.09. The van der Waals surface area contributed by atoms with E-state index in [2.05, 4.69) is 52.8 Å². The Morgan fingerprint density at radius 3 is 2.31 bits per heavy atom. The zero-order chi connectivity index (χ0) is 10.1. The maximum absolute atomic E-state index is 2.36. The second kappa shape index (κ2) is 3.69. The van der Waals surface area contributed by atoms with Crippen LogP contribution in [-0.4, -0.2) is 0 Å². The van der Waals surface area contributed by atoms with E-state index in [1.807, 2.05) is 0 Å². The molecule has 0 aliphatic heterocycles. The Balaban J connectivity index is 2.80. The Bertz CT molecular complexity index is 230. The molecule has 13 heavy (non-hydrogen) atoms. The first-order valence-corrected chi connectivity index (χ1v) is 5.34. The molecule has 0 heteroatoms. The maximum atomic E-state index is 2.36. The van der Waals surface area contributed by atoms with Crippen molar-refractivity contribution in [3.8, 4) is 0 Å². The van der Waals surface area contributed by atoms with E-state index in [4.69, 9.17) is 0 Å². The van der Waals surface area contributed by atoms with Gasteiger partial charge in [0.15, 0.2) is 0 Å². The van der Waals surface area contributed by atoms with Gasteiger partial charge in [-0.15, -0.1) is 0 Å². The normalized spacial score (nSPS) is 28.4. The molecule has 0 spiro atoms. The van der Waals surface area contributed by atoms with E-state index >= 15 is 0 Å². The fourth-order valence-corrected chi connectivity index (χ4v) is 1.74. The fourth-order valence-electron chi connectivity index (χ4n) is 1.74. The first kappa shape index (κ1) is 10.6. The van der Waals surface area contributed by atoms with Crippen molar-refractivity contribution in [2.75, 3.05) is 0 Å². The molecule has 1 aliphatic carbocycles. The van der Waals surface area contributed by atoms with Crippen molar-refractivity contribution in [3.05, 3.63) is 23.8 Å². The third-order valence-corrected chi connectivity index (χ3v) is 3.43. The van der Waals surface area contributed by atoms with Crippen molar-refractivity contribution >= 4 is 0 Å². The lowest BCUT2D eigenvalue weighted by molar-refractivity contribution is 0.284. The van der Waals surface area contributed by atoms with Gasteiger partial charge < -0.3 is 0 Å². The van der Waals surface area contributed by atoms with Crippen LogP contribution in [0, 0.1) is 17.3 Å². The minimum absolute atomic E-state index is 0.383. The molecule has 0 nitrogen and oxygen atoms in total. The summed E-state index contributed by atoms with van der Waals surface area (Å²) in [4.78, 5) is 0. The van der Waals surface area contributed by atoms with Crippen molar-refractivity contribution in [2.24, 2.45) is 17.3 Å². The van der Waals surface area contributed by atoms with Gasteiger partial charge in [-0.3, -0.25) is 0 Å². The van der Waals surface area contributed by atoms with Crippen LogP contribution in [0.1, 0.15) is 41.0 Å². The quantitative estimate of drug-likeness (QED) is 0.594. The first-order valence-electron chi connectivity index (χ1n) is 5.34. The van der Waals surface area contributed by atoms with Crippen molar-refractivity contribution < 1.29 is 0 Å². The SMILES string of the molecule is CC(C)C1=CC=CC(C)(C(C)C)C1. The molecular formula is C13H22. The summed E-state index contributed by atoms with van der Waals surface area (Å²) in [5.41, 5.74) is 1.98. The van der Waals surface area contributed by atoms with Gasteiger partial charge in [0.2, 0.25) is 0 Å². The van der Waals surface area contributed by atoms with Crippen LogP contribution in [0.15, 0.2) is 23.8 Å². The molecule has 0 aromatic heterocycles. The van der Waals surface area contributed by atoms with E-state index in [0.717, 1.165) is 5.92 Å². The van der Waals surface area contributed by atoms with Crippen LogP contribution in [-0.2, 0) is 0 Å². The lowest BCUT2D eigenvalue weighted by atomic mass is 9.70. The summed E-state index contributed by atoms with van der Waals surface area (Å²) in [5.74, 6) is 1.43. The smallest absolute Gasteiger partial charge is 0.00831 e. The third kappa shape index (κ3) is 2.24. The van der Waals surface area contributed by atoms with Crippen molar-refractivity contribution in [1.29, 1.82) is 0 Å². The molecule has 0 fully saturated rings. The highest BCUT2D eigenvalue weighted by Crippen LogP contribution is 2.39. The topological polar surface area (TPSA) is 0 Å². The molecule has 0 N–H and O–H groups in total. The lowest BCUT2D eigenvalue weighted by Gasteiger charge is -2.34. The summed E-state index contributed by atoms with van der Waals surface area (Å²) < 4.78 is 0. The number of rotatable bonds is 2. The number of hydrogen-bond donors (Lipinski definition) is 0. The predicted molar refractivity (Wildman–Crippen MR) is 59.6 cm³/mol. The van der Waals surface area contributed by atoms with Crippen molar-refractivity contribution in [3.63, 3.8) is 0 Å². The van der Waals surface area contributed by atoms with Crippen LogP contribution in [0.2, 0.25) is 0 Å². The molecule has 0 aromatic rings. The summed E-state index contributed by atoms with van der Waals surface area (Å²) in [5, 5.41) is 0. The Morgan fingerprint density at radius 2 is 1.85 bits per heavy atom. The molecule has 0 bridgehead atoms. The van der Waals surface area contributed by atoms with Gasteiger partial charge >= 0.3 is 0 Å². The minimum atomic E-state index is 0.383. The molecular weight excluding hydrogens is 156 g/mol. The molecule has 0 saturated carbocycles. The maximum Gasteiger partial charge on any atom is -0.00831 e. The zero-order valence-corrected chi connectivity index (χ0v) is 9.59. The fraction of sp³-hybridized carbons (Fsp3) is 0.692. The Labute approximate surface area is 82.7 Å². The summed E-state index contributed by atoms with van der Waals surface area (Å²) in [6, 6.07) is 0. The van der Waals surface area contributed by atoms with Gasteiger partial charge in [0.1, 0.15) is 0 Å². The molecule has 0 amide bonds. The third-order valence-electron chi connectivity index (χ3n) is 3.43. The molecule has 74 valence electrons. The molecule has 1 atom stereocenters. The average Bonchev–Trinajstić information content (AvgIpc) is 2.04. The highest BCUT2D eigenvalue weighted by Gasteiger charge is 2.28.